The highest BCUT2D eigenvalue weighted by molar-refractivity contribution is 5.86. The van der Waals surface area contributed by atoms with Crippen molar-refractivity contribution in [2.75, 3.05) is 0 Å². The second-order valence-electron chi connectivity index (χ2n) is 10.1. The van der Waals surface area contributed by atoms with Crippen molar-refractivity contribution in [3.63, 3.8) is 0 Å². The van der Waals surface area contributed by atoms with Crippen molar-refractivity contribution in [1.29, 1.82) is 0 Å². The van der Waals surface area contributed by atoms with E-state index < -0.39 is 0 Å². The maximum absolute atomic E-state index is 4.67. The van der Waals surface area contributed by atoms with Crippen LogP contribution in [-0.4, -0.2) is 26.8 Å². The first-order chi connectivity index (χ1) is 16.1. The van der Waals surface area contributed by atoms with E-state index in [4.69, 9.17) is 0 Å². The Labute approximate surface area is 207 Å². The van der Waals surface area contributed by atoms with E-state index in [9.17, 15) is 0 Å². The Bertz CT molecular complexity index is 1060. The molecule has 186 valence electrons. The molecule has 4 heterocycles. The summed E-state index contributed by atoms with van der Waals surface area (Å²) < 4.78 is 1.86. The maximum atomic E-state index is 4.67. The van der Waals surface area contributed by atoms with Gasteiger partial charge < -0.3 is 5.32 Å². The van der Waals surface area contributed by atoms with Gasteiger partial charge in [-0.1, -0.05) is 32.4 Å². The molecular weight excluding hydrogens is 416 g/mol. The molecule has 1 N–H and O–H groups in total. The van der Waals surface area contributed by atoms with Gasteiger partial charge in [0, 0.05) is 42.0 Å². The number of allylic oxidation sites excluding steroid dienone is 1. The van der Waals surface area contributed by atoms with Crippen LogP contribution in [0.25, 0.3) is 22.2 Å². The maximum Gasteiger partial charge on any atom is 0.0952 e. The van der Waals surface area contributed by atoms with E-state index >= 15 is 0 Å². The van der Waals surface area contributed by atoms with Gasteiger partial charge in [-0.25, -0.2) is 0 Å². The molecule has 0 radical (unpaired) electrons. The zero-order chi connectivity index (χ0) is 25.4. The number of nitrogens with zero attached hydrogens (tertiary/aromatic N) is 3. The summed E-state index contributed by atoms with van der Waals surface area (Å²) in [4.78, 5) is 4.67. The van der Waals surface area contributed by atoms with Crippen LogP contribution >= 0.6 is 0 Å². The van der Waals surface area contributed by atoms with Gasteiger partial charge in [0.25, 0.3) is 0 Å². The van der Waals surface area contributed by atoms with E-state index in [-0.39, 0.29) is 0 Å². The number of nitrogens with one attached hydrogen (secondary N) is 1. The molecule has 2 aliphatic heterocycles. The van der Waals surface area contributed by atoms with Crippen molar-refractivity contribution in [2.24, 2.45) is 13.0 Å². The fraction of sp³-hybridized carbons (Fsp3) is 0.533. The van der Waals surface area contributed by atoms with E-state index in [1.54, 1.807) is 0 Å². The number of hydrogen-bond acceptors (Lipinski definition) is 3. The average Bonchev–Trinajstić information content (AvgIpc) is 3.32. The van der Waals surface area contributed by atoms with E-state index in [1.807, 2.05) is 52.5 Å². The summed E-state index contributed by atoms with van der Waals surface area (Å²) in [6.45, 7) is 20.1. The highest BCUT2D eigenvalue weighted by Crippen LogP contribution is 2.30. The lowest BCUT2D eigenvalue weighted by atomic mass is 9.95. The molecule has 1 aromatic carbocycles. The molecule has 2 unspecified atom stereocenters. The van der Waals surface area contributed by atoms with Crippen molar-refractivity contribution in [2.45, 2.75) is 93.2 Å². The average molecular weight is 463 g/mol. The zero-order valence-electron chi connectivity index (χ0n) is 23.0. The van der Waals surface area contributed by atoms with E-state index in [0.717, 1.165) is 45.9 Å². The molecule has 2 atom stereocenters. The minimum atomic E-state index is 0.888. The topological polar surface area (TPSA) is 42.7 Å². The van der Waals surface area contributed by atoms with Gasteiger partial charge in [0.1, 0.15) is 0 Å². The third kappa shape index (κ3) is 7.80. The second kappa shape index (κ2) is 12.9. The summed E-state index contributed by atoms with van der Waals surface area (Å²) >= 11 is 0. The van der Waals surface area contributed by atoms with Gasteiger partial charge in [0.2, 0.25) is 0 Å². The summed E-state index contributed by atoms with van der Waals surface area (Å²) in [6, 6.07) is 10.3. The van der Waals surface area contributed by atoms with Crippen molar-refractivity contribution >= 4 is 10.9 Å². The predicted octanol–water partition coefficient (Wildman–Crippen LogP) is 7.71. The summed E-state index contributed by atoms with van der Waals surface area (Å²) in [5.41, 5.74) is 7.91. The predicted molar refractivity (Wildman–Crippen MR) is 148 cm³/mol. The molecule has 2 aliphatic rings. The number of hydrogen-bond donors (Lipinski definition) is 1. The summed E-state index contributed by atoms with van der Waals surface area (Å²) in [5, 5.41) is 9.26. The quantitative estimate of drug-likeness (QED) is 0.377. The van der Waals surface area contributed by atoms with Gasteiger partial charge in [0.05, 0.1) is 11.2 Å². The molecule has 2 saturated heterocycles. The molecule has 0 spiro atoms. The minimum absolute atomic E-state index is 0.888. The minimum Gasteiger partial charge on any atom is -0.311 e. The molecule has 2 fully saturated rings. The first-order valence-electron chi connectivity index (χ1n) is 12.9. The van der Waals surface area contributed by atoms with Crippen LogP contribution in [0.5, 0.6) is 0 Å². The van der Waals surface area contributed by atoms with Crippen molar-refractivity contribution in [3.8, 4) is 11.3 Å². The molecular formula is C30H46N4. The number of piperidine rings is 1. The lowest BCUT2D eigenvalue weighted by Crippen LogP contribution is -2.37. The van der Waals surface area contributed by atoms with Crippen LogP contribution in [-0.2, 0) is 7.05 Å². The van der Waals surface area contributed by atoms with Crippen molar-refractivity contribution in [1.82, 2.24) is 20.1 Å². The Morgan fingerprint density at radius 1 is 1.00 bits per heavy atom. The lowest BCUT2D eigenvalue weighted by molar-refractivity contribution is 0.319. The Morgan fingerprint density at radius 2 is 1.59 bits per heavy atom. The summed E-state index contributed by atoms with van der Waals surface area (Å²) in [7, 11) is 1.95. The highest BCUT2D eigenvalue weighted by atomic mass is 15.2. The Morgan fingerprint density at radius 3 is 2.15 bits per heavy atom. The first-order valence-corrected chi connectivity index (χ1v) is 12.9. The van der Waals surface area contributed by atoms with Crippen LogP contribution in [0.4, 0.5) is 0 Å². The van der Waals surface area contributed by atoms with Crippen molar-refractivity contribution < 1.29 is 0 Å². The largest absolute Gasteiger partial charge is 0.311 e. The van der Waals surface area contributed by atoms with Gasteiger partial charge >= 0.3 is 0 Å². The first kappa shape index (κ1) is 27.8. The van der Waals surface area contributed by atoms with Crippen molar-refractivity contribution in [3.05, 3.63) is 59.4 Å². The fourth-order valence-electron chi connectivity index (χ4n) is 4.71. The Balaban J connectivity index is 0.000000225. The van der Waals surface area contributed by atoms with Crippen LogP contribution in [0.15, 0.2) is 42.6 Å². The number of rotatable bonds is 1. The van der Waals surface area contributed by atoms with E-state index in [2.05, 4.69) is 67.0 Å². The van der Waals surface area contributed by atoms with Gasteiger partial charge in [-0.05, 0) is 95.5 Å². The molecule has 3 aromatic rings. The van der Waals surface area contributed by atoms with Crippen LogP contribution in [0.1, 0.15) is 77.1 Å². The third-order valence-electron chi connectivity index (χ3n) is 6.27. The van der Waals surface area contributed by atoms with Crippen LogP contribution in [0.2, 0.25) is 0 Å². The lowest BCUT2D eigenvalue weighted by Gasteiger charge is -2.25. The van der Waals surface area contributed by atoms with Gasteiger partial charge in [-0.15, -0.1) is 6.58 Å². The summed E-state index contributed by atoms with van der Waals surface area (Å²) in [6.07, 6.45) is 7.78. The van der Waals surface area contributed by atoms with E-state index in [1.165, 1.54) is 42.4 Å². The molecule has 0 saturated carbocycles. The van der Waals surface area contributed by atoms with Crippen LogP contribution in [0.3, 0.4) is 0 Å². The molecule has 2 aromatic heterocycles. The van der Waals surface area contributed by atoms with Crippen LogP contribution in [0, 0.1) is 26.7 Å². The standard InChI is InChI=1S/C16H17N3.C8H15N.C4H8.C2H6/c1-10-5-6-15(17-12(10)3)13-7-11(2)16-14(8-13)9-19(4)18-16;1-6-4-7-2-3-8(5-6)9-7;1-4(2)3;1-2/h5-9H,1-4H3;6-9H,2-5H2,1H3;1H2,2-3H3;1-2H3. The number of benzene rings is 1. The zero-order valence-corrected chi connectivity index (χ0v) is 23.0. The second-order valence-corrected chi connectivity index (χ2v) is 10.1. The monoisotopic (exact) mass is 462 g/mol. The highest BCUT2D eigenvalue weighted by Gasteiger charge is 2.30. The van der Waals surface area contributed by atoms with Gasteiger partial charge in [-0.2, -0.15) is 5.10 Å². The molecule has 2 bridgehead atoms. The number of fused-ring (bicyclic) bond motifs is 3. The number of aromatic nitrogens is 3. The van der Waals surface area contributed by atoms with Crippen LogP contribution < -0.4 is 5.32 Å². The number of aryl methyl sites for hydroxylation is 4. The number of pyridine rings is 1. The van der Waals surface area contributed by atoms with Gasteiger partial charge in [-0.3, -0.25) is 9.67 Å². The molecule has 0 amide bonds. The Kier molecular flexibility index (Phi) is 10.5. The van der Waals surface area contributed by atoms with E-state index in [0.29, 0.717) is 0 Å². The normalized spacial score (nSPS) is 20.3. The SMILES string of the molecule is C=C(C)C.CC.CC1CC2CCC(C1)N2.Cc1ccc(-c2cc(C)c3nn(C)cc3c2)nc1C. The molecule has 5 rings (SSSR count). The van der Waals surface area contributed by atoms with Gasteiger partial charge in [0.15, 0.2) is 0 Å². The summed E-state index contributed by atoms with van der Waals surface area (Å²) in [5.74, 6) is 0.990. The third-order valence-corrected chi connectivity index (χ3v) is 6.27. The molecule has 34 heavy (non-hydrogen) atoms. The smallest absolute Gasteiger partial charge is 0.0952 e. The fourth-order valence-corrected chi connectivity index (χ4v) is 4.71. The molecule has 0 aliphatic carbocycles. The molecule has 4 nitrogen and oxygen atoms in total. The Hall–Kier alpha value is -2.46. The molecule has 4 heteroatoms.